The largest absolute Gasteiger partial charge is 0.573 e. The number of halogens is 4. The van der Waals surface area contributed by atoms with Gasteiger partial charge in [0.05, 0.1) is 0 Å². The maximum atomic E-state index is 12.0. The zero-order chi connectivity index (χ0) is 15.5. The Labute approximate surface area is 132 Å². The van der Waals surface area contributed by atoms with E-state index in [4.69, 9.17) is 5.73 Å². The third-order valence-electron chi connectivity index (χ3n) is 2.52. The summed E-state index contributed by atoms with van der Waals surface area (Å²) >= 11 is 4.85. The molecule has 2 aromatic carbocycles. The summed E-state index contributed by atoms with van der Waals surface area (Å²) in [5.41, 5.74) is 7.43. The molecule has 0 unspecified atom stereocenters. The van der Waals surface area contributed by atoms with Gasteiger partial charge in [-0.15, -0.1) is 24.9 Å². The number of rotatable bonds is 4. The molecule has 2 nitrogen and oxygen atoms in total. The lowest BCUT2D eigenvalue weighted by atomic mass is 10.2. The first-order valence-corrected chi connectivity index (χ1v) is 7.64. The van der Waals surface area contributed by atoms with E-state index in [0.717, 1.165) is 14.9 Å². The standard InChI is InChI=1S/C14H11BrF3NOS/c15-10-3-6-13(12(19)7-10)21-8-9-1-4-11(5-2-9)20-14(16,17)18/h1-7H,8,19H2. The highest BCUT2D eigenvalue weighted by Crippen LogP contribution is 2.31. The Morgan fingerprint density at radius 2 is 1.76 bits per heavy atom. The van der Waals surface area contributed by atoms with Crippen molar-refractivity contribution in [2.75, 3.05) is 5.73 Å². The van der Waals surface area contributed by atoms with Crippen LogP contribution in [0.25, 0.3) is 0 Å². The second-order valence-corrected chi connectivity index (χ2v) is 6.10. The lowest BCUT2D eigenvalue weighted by molar-refractivity contribution is -0.274. The number of thioether (sulfide) groups is 1. The Morgan fingerprint density at radius 1 is 1.10 bits per heavy atom. The van der Waals surface area contributed by atoms with Crippen molar-refractivity contribution in [2.24, 2.45) is 0 Å². The van der Waals surface area contributed by atoms with Crippen molar-refractivity contribution in [3.63, 3.8) is 0 Å². The van der Waals surface area contributed by atoms with Crippen LogP contribution < -0.4 is 10.5 Å². The molecule has 0 aliphatic heterocycles. The number of hydrogen-bond donors (Lipinski definition) is 1. The van der Waals surface area contributed by atoms with Gasteiger partial charge in [0.25, 0.3) is 0 Å². The minimum absolute atomic E-state index is 0.223. The summed E-state index contributed by atoms with van der Waals surface area (Å²) in [6.07, 6.45) is -4.66. The molecule has 0 spiro atoms. The van der Waals surface area contributed by atoms with Crippen molar-refractivity contribution in [3.8, 4) is 5.75 Å². The van der Waals surface area contributed by atoms with E-state index in [0.29, 0.717) is 11.4 Å². The van der Waals surface area contributed by atoms with Crippen LogP contribution in [-0.2, 0) is 5.75 Å². The van der Waals surface area contributed by atoms with E-state index >= 15 is 0 Å². The number of anilines is 1. The minimum Gasteiger partial charge on any atom is -0.406 e. The van der Waals surface area contributed by atoms with Gasteiger partial charge in [0.15, 0.2) is 0 Å². The highest BCUT2D eigenvalue weighted by Gasteiger charge is 2.30. The van der Waals surface area contributed by atoms with Crippen LogP contribution in [0.2, 0.25) is 0 Å². The van der Waals surface area contributed by atoms with Gasteiger partial charge < -0.3 is 10.5 Å². The molecule has 112 valence electrons. The van der Waals surface area contributed by atoms with Gasteiger partial charge in [-0.2, -0.15) is 0 Å². The van der Waals surface area contributed by atoms with E-state index in [9.17, 15) is 13.2 Å². The molecule has 0 aliphatic rings. The third-order valence-corrected chi connectivity index (χ3v) is 4.18. The summed E-state index contributed by atoms with van der Waals surface area (Å²) < 4.78 is 40.9. The molecule has 0 heterocycles. The van der Waals surface area contributed by atoms with Crippen LogP contribution in [0.1, 0.15) is 5.56 Å². The highest BCUT2D eigenvalue weighted by atomic mass is 79.9. The van der Waals surface area contributed by atoms with Crippen molar-refractivity contribution >= 4 is 33.4 Å². The number of hydrogen-bond acceptors (Lipinski definition) is 3. The molecule has 0 bridgehead atoms. The molecule has 0 aromatic heterocycles. The molecule has 2 rings (SSSR count). The first-order valence-electron chi connectivity index (χ1n) is 5.86. The van der Waals surface area contributed by atoms with Gasteiger partial charge in [0.1, 0.15) is 5.75 Å². The fraction of sp³-hybridized carbons (Fsp3) is 0.143. The van der Waals surface area contributed by atoms with Gasteiger partial charge in [-0.3, -0.25) is 0 Å². The summed E-state index contributed by atoms with van der Waals surface area (Å²) in [4.78, 5) is 0.925. The predicted molar refractivity (Wildman–Crippen MR) is 81.2 cm³/mol. The first kappa shape index (κ1) is 16.0. The normalized spacial score (nSPS) is 11.4. The second-order valence-electron chi connectivity index (χ2n) is 4.16. The van der Waals surface area contributed by atoms with Crippen LogP contribution in [0.3, 0.4) is 0 Å². The molecule has 21 heavy (non-hydrogen) atoms. The number of nitrogen functional groups attached to an aromatic ring is 1. The average Bonchev–Trinajstić information content (AvgIpc) is 2.38. The van der Waals surface area contributed by atoms with Gasteiger partial charge in [0, 0.05) is 20.8 Å². The lowest BCUT2D eigenvalue weighted by Gasteiger charge is -2.09. The zero-order valence-corrected chi connectivity index (χ0v) is 13.1. The molecule has 7 heteroatoms. The number of benzene rings is 2. The highest BCUT2D eigenvalue weighted by molar-refractivity contribution is 9.10. The van der Waals surface area contributed by atoms with Crippen molar-refractivity contribution in [1.29, 1.82) is 0 Å². The quantitative estimate of drug-likeness (QED) is 0.585. The van der Waals surface area contributed by atoms with Crippen molar-refractivity contribution in [3.05, 3.63) is 52.5 Å². The first-order chi connectivity index (χ1) is 9.83. The Hall–Kier alpha value is -1.34. The summed E-state index contributed by atoms with van der Waals surface area (Å²) in [7, 11) is 0. The summed E-state index contributed by atoms with van der Waals surface area (Å²) in [5, 5.41) is 0. The number of ether oxygens (including phenoxy) is 1. The van der Waals surface area contributed by atoms with Gasteiger partial charge in [0.2, 0.25) is 0 Å². The minimum atomic E-state index is -4.66. The monoisotopic (exact) mass is 377 g/mol. The molecule has 0 amide bonds. The molecule has 0 atom stereocenters. The molecule has 0 saturated heterocycles. The summed E-state index contributed by atoms with van der Waals surface area (Å²) in [5.74, 6) is 0.386. The van der Waals surface area contributed by atoms with Crippen LogP contribution in [-0.4, -0.2) is 6.36 Å². The number of nitrogens with two attached hydrogens (primary N) is 1. The molecule has 0 radical (unpaired) electrons. The molecule has 0 fully saturated rings. The van der Waals surface area contributed by atoms with E-state index < -0.39 is 6.36 Å². The third kappa shape index (κ3) is 5.17. The molecule has 2 N–H and O–H groups in total. The van der Waals surface area contributed by atoms with E-state index in [-0.39, 0.29) is 5.75 Å². The molecular weight excluding hydrogens is 367 g/mol. The van der Waals surface area contributed by atoms with Gasteiger partial charge in [-0.1, -0.05) is 28.1 Å². The van der Waals surface area contributed by atoms with Crippen molar-refractivity contribution < 1.29 is 17.9 Å². The van der Waals surface area contributed by atoms with E-state index in [1.54, 1.807) is 12.1 Å². The topological polar surface area (TPSA) is 35.2 Å². The summed E-state index contributed by atoms with van der Waals surface area (Å²) in [6, 6.07) is 11.4. The maximum Gasteiger partial charge on any atom is 0.573 e. The number of alkyl halides is 3. The Morgan fingerprint density at radius 3 is 2.33 bits per heavy atom. The van der Waals surface area contributed by atoms with Crippen LogP contribution >= 0.6 is 27.7 Å². The van der Waals surface area contributed by atoms with Gasteiger partial charge >= 0.3 is 6.36 Å². The zero-order valence-electron chi connectivity index (χ0n) is 10.7. The smallest absolute Gasteiger partial charge is 0.406 e. The lowest BCUT2D eigenvalue weighted by Crippen LogP contribution is -2.16. The Bertz CT molecular complexity index is 617. The van der Waals surface area contributed by atoms with E-state index in [1.807, 2.05) is 18.2 Å². The van der Waals surface area contributed by atoms with Crippen molar-refractivity contribution in [1.82, 2.24) is 0 Å². The van der Waals surface area contributed by atoms with Crippen molar-refractivity contribution in [2.45, 2.75) is 17.0 Å². The molecular formula is C14H11BrF3NOS. The Balaban J connectivity index is 1.97. The molecule has 0 aliphatic carbocycles. The second kappa shape index (κ2) is 6.62. The predicted octanol–water partition coefficient (Wildman–Crippen LogP) is 5.22. The summed E-state index contributed by atoms with van der Waals surface area (Å²) in [6.45, 7) is 0. The fourth-order valence-corrected chi connectivity index (χ4v) is 2.88. The molecule has 0 saturated carbocycles. The molecule has 2 aromatic rings. The van der Waals surface area contributed by atoms with Crippen LogP contribution in [0, 0.1) is 0 Å². The maximum absolute atomic E-state index is 12.0. The van der Waals surface area contributed by atoms with E-state index in [2.05, 4.69) is 20.7 Å². The van der Waals surface area contributed by atoms with Gasteiger partial charge in [-0.25, -0.2) is 0 Å². The van der Waals surface area contributed by atoms with Crippen LogP contribution in [0.5, 0.6) is 5.75 Å². The van der Waals surface area contributed by atoms with Crippen LogP contribution in [0.15, 0.2) is 51.8 Å². The Kier molecular flexibility index (Phi) is 5.05. The van der Waals surface area contributed by atoms with Gasteiger partial charge in [-0.05, 0) is 35.9 Å². The SMILES string of the molecule is Nc1cc(Br)ccc1SCc1ccc(OC(F)(F)F)cc1. The average molecular weight is 378 g/mol. The van der Waals surface area contributed by atoms with E-state index in [1.165, 1.54) is 23.9 Å². The fourth-order valence-electron chi connectivity index (χ4n) is 1.60. The van der Waals surface area contributed by atoms with Crippen LogP contribution in [0.4, 0.5) is 18.9 Å².